The largest absolute Gasteiger partial charge is 0.497 e. The van der Waals surface area contributed by atoms with Crippen LogP contribution < -0.4 is 4.74 Å². The Hall–Kier alpha value is -2.66. The summed E-state index contributed by atoms with van der Waals surface area (Å²) in [7, 11) is 1.67. The number of aromatic nitrogens is 1. The van der Waals surface area contributed by atoms with Gasteiger partial charge in [-0.2, -0.15) is 0 Å². The van der Waals surface area contributed by atoms with Crippen LogP contribution in [-0.2, 0) is 6.42 Å². The SMILES string of the molecule is COc1ccc(C2c3[nH]c4ccc(Cl)cc4c3CCN2C(=O)N2CCCC2)cc1. The number of likely N-dealkylation sites (tertiary alicyclic amines) is 1. The number of aromatic amines is 1. The second-order valence-electron chi connectivity index (χ2n) is 7.80. The molecule has 0 spiro atoms. The minimum atomic E-state index is -0.149. The number of carbonyl (C=O) groups excluding carboxylic acids is 1. The maximum absolute atomic E-state index is 13.4. The summed E-state index contributed by atoms with van der Waals surface area (Å²) in [5.41, 5.74) is 4.49. The smallest absolute Gasteiger partial charge is 0.320 e. The normalized spacial score (nSPS) is 18.9. The van der Waals surface area contributed by atoms with Crippen molar-refractivity contribution in [3.8, 4) is 5.75 Å². The van der Waals surface area contributed by atoms with Gasteiger partial charge in [0.1, 0.15) is 5.75 Å². The summed E-state index contributed by atoms with van der Waals surface area (Å²) < 4.78 is 5.33. The lowest BCUT2D eigenvalue weighted by atomic mass is 9.92. The van der Waals surface area contributed by atoms with Gasteiger partial charge in [-0.1, -0.05) is 23.7 Å². The van der Waals surface area contributed by atoms with E-state index in [9.17, 15) is 4.79 Å². The predicted octanol–water partition coefficient (Wildman–Crippen LogP) is 4.99. The molecule has 0 saturated carbocycles. The van der Waals surface area contributed by atoms with E-state index >= 15 is 0 Å². The highest BCUT2D eigenvalue weighted by atomic mass is 35.5. The molecule has 6 heteroatoms. The Kier molecular flexibility index (Phi) is 4.63. The first-order chi connectivity index (χ1) is 14.2. The third-order valence-electron chi connectivity index (χ3n) is 6.14. The first-order valence-corrected chi connectivity index (χ1v) is 10.5. The van der Waals surface area contributed by atoms with E-state index in [0.29, 0.717) is 6.54 Å². The van der Waals surface area contributed by atoms with E-state index in [-0.39, 0.29) is 12.1 Å². The molecule has 1 aromatic heterocycles. The van der Waals surface area contributed by atoms with Gasteiger partial charge in [0.15, 0.2) is 0 Å². The van der Waals surface area contributed by atoms with Crippen LogP contribution >= 0.6 is 11.6 Å². The molecule has 2 aromatic carbocycles. The molecule has 2 amide bonds. The molecule has 1 atom stereocenters. The first kappa shape index (κ1) is 18.4. The molecule has 2 aliphatic rings. The van der Waals surface area contributed by atoms with Crippen molar-refractivity contribution in [2.45, 2.75) is 25.3 Å². The number of halogens is 1. The van der Waals surface area contributed by atoms with Gasteiger partial charge in [0.2, 0.25) is 0 Å². The van der Waals surface area contributed by atoms with Crippen LogP contribution in [0.1, 0.15) is 35.7 Å². The van der Waals surface area contributed by atoms with Gasteiger partial charge >= 0.3 is 6.03 Å². The molecule has 5 rings (SSSR count). The fourth-order valence-corrected chi connectivity index (χ4v) is 4.86. The number of fused-ring (bicyclic) bond motifs is 3. The quantitative estimate of drug-likeness (QED) is 0.648. The number of H-pyrrole nitrogens is 1. The van der Waals surface area contributed by atoms with Gasteiger partial charge in [-0.3, -0.25) is 0 Å². The number of nitrogens with one attached hydrogen (secondary N) is 1. The Balaban J connectivity index is 1.63. The lowest BCUT2D eigenvalue weighted by Crippen LogP contribution is -2.47. The first-order valence-electron chi connectivity index (χ1n) is 10.1. The van der Waals surface area contributed by atoms with Gasteiger partial charge in [-0.25, -0.2) is 4.79 Å². The summed E-state index contributed by atoms with van der Waals surface area (Å²) in [5, 5.41) is 1.88. The van der Waals surface area contributed by atoms with E-state index in [1.807, 2.05) is 40.1 Å². The molecule has 150 valence electrons. The van der Waals surface area contributed by atoms with Crippen molar-refractivity contribution in [3.63, 3.8) is 0 Å². The Labute approximate surface area is 175 Å². The average molecular weight is 410 g/mol. The molecule has 3 aromatic rings. The summed E-state index contributed by atoms with van der Waals surface area (Å²) in [6.45, 7) is 2.39. The van der Waals surface area contributed by atoms with E-state index in [1.54, 1.807) is 7.11 Å². The zero-order valence-electron chi connectivity index (χ0n) is 16.5. The van der Waals surface area contributed by atoms with Crippen molar-refractivity contribution < 1.29 is 9.53 Å². The lowest BCUT2D eigenvalue weighted by molar-refractivity contribution is 0.145. The van der Waals surface area contributed by atoms with Crippen LogP contribution in [0.25, 0.3) is 10.9 Å². The number of methoxy groups -OCH3 is 1. The number of urea groups is 1. The zero-order chi connectivity index (χ0) is 20.0. The second-order valence-corrected chi connectivity index (χ2v) is 8.24. The molecule has 0 bridgehead atoms. The summed E-state index contributed by atoms with van der Waals surface area (Å²) in [6.07, 6.45) is 2.99. The minimum absolute atomic E-state index is 0.130. The highest BCUT2D eigenvalue weighted by Gasteiger charge is 2.37. The molecule has 2 aliphatic heterocycles. The summed E-state index contributed by atoms with van der Waals surface area (Å²) in [5.74, 6) is 0.811. The van der Waals surface area contributed by atoms with E-state index in [4.69, 9.17) is 16.3 Å². The Morgan fingerprint density at radius 2 is 1.86 bits per heavy atom. The average Bonchev–Trinajstić information content (AvgIpc) is 3.40. The molecule has 29 heavy (non-hydrogen) atoms. The summed E-state index contributed by atoms with van der Waals surface area (Å²) >= 11 is 6.27. The van der Waals surface area contributed by atoms with Crippen molar-refractivity contribution in [3.05, 3.63) is 64.3 Å². The standard InChI is InChI=1S/C23H24ClN3O2/c1-29-17-7-4-15(5-8-17)22-21-18(19-14-16(24)6-9-20(19)25-21)10-13-27(22)23(28)26-11-2-3-12-26/h4-9,14,22,25H,2-3,10-13H2,1H3. The minimum Gasteiger partial charge on any atom is -0.497 e. The van der Waals surface area contributed by atoms with E-state index in [2.05, 4.69) is 17.1 Å². The molecule has 1 saturated heterocycles. The predicted molar refractivity (Wildman–Crippen MR) is 115 cm³/mol. The van der Waals surface area contributed by atoms with Crippen molar-refractivity contribution >= 4 is 28.5 Å². The van der Waals surface area contributed by atoms with Crippen molar-refractivity contribution in [2.75, 3.05) is 26.7 Å². The van der Waals surface area contributed by atoms with Gasteiger partial charge in [-0.05, 0) is 60.7 Å². The molecule has 1 fully saturated rings. The maximum atomic E-state index is 13.4. The fraction of sp³-hybridized carbons (Fsp3) is 0.348. The van der Waals surface area contributed by atoms with Crippen LogP contribution in [0, 0.1) is 0 Å². The van der Waals surface area contributed by atoms with Crippen LogP contribution in [0.5, 0.6) is 5.75 Å². The highest BCUT2D eigenvalue weighted by molar-refractivity contribution is 6.31. The second kappa shape index (κ2) is 7.30. The fourth-order valence-electron chi connectivity index (χ4n) is 4.69. The topological polar surface area (TPSA) is 48.6 Å². The molecule has 3 heterocycles. The molecule has 1 unspecified atom stereocenters. The van der Waals surface area contributed by atoms with E-state index in [0.717, 1.165) is 65.3 Å². The van der Waals surface area contributed by atoms with Gasteiger partial charge in [0, 0.05) is 41.3 Å². The molecule has 1 N–H and O–H groups in total. The van der Waals surface area contributed by atoms with Crippen molar-refractivity contribution in [1.82, 2.24) is 14.8 Å². The van der Waals surface area contributed by atoms with Crippen LogP contribution in [0.2, 0.25) is 5.02 Å². The van der Waals surface area contributed by atoms with Crippen molar-refractivity contribution in [1.29, 1.82) is 0 Å². The lowest BCUT2D eigenvalue weighted by Gasteiger charge is -2.38. The Morgan fingerprint density at radius 1 is 1.10 bits per heavy atom. The molecular formula is C23H24ClN3O2. The number of carbonyl (C=O) groups is 1. The Bertz CT molecular complexity index is 1050. The van der Waals surface area contributed by atoms with Gasteiger partial charge in [-0.15, -0.1) is 0 Å². The van der Waals surface area contributed by atoms with Crippen LogP contribution in [0.15, 0.2) is 42.5 Å². The number of hydrogen-bond acceptors (Lipinski definition) is 2. The number of ether oxygens (including phenoxy) is 1. The maximum Gasteiger partial charge on any atom is 0.320 e. The van der Waals surface area contributed by atoms with Crippen molar-refractivity contribution in [2.24, 2.45) is 0 Å². The van der Waals surface area contributed by atoms with Crippen LogP contribution in [-0.4, -0.2) is 47.6 Å². The number of rotatable bonds is 2. The third kappa shape index (κ3) is 3.14. The Morgan fingerprint density at radius 3 is 2.59 bits per heavy atom. The summed E-state index contributed by atoms with van der Waals surface area (Å²) in [4.78, 5) is 21.0. The molecule has 0 radical (unpaired) electrons. The highest BCUT2D eigenvalue weighted by Crippen LogP contribution is 2.40. The zero-order valence-corrected chi connectivity index (χ0v) is 17.2. The number of hydrogen-bond donors (Lipinski definition) is 1. The van der Waals surface area contributed by atoms with Crippen LogP contribution in [0.4, 0.5) is 4.79 Å². The summed E-state index contributed by atoms with van der Waals surface area (Å²) in [6, 6.07) is 14.0. The van der Waals surface area contributed by atoms with Crippen LogP contribution in [0.3, 0.4) is 0 Å². The van der Waals surface area contributed by atoms with Gasteiger partial charge in [0.25, 0.3) is 0 Å². The number of benzene rings is 2. The number of nitrogens with zero attached hydrogens (tertiary/aromatic N) is 2. The van der Waals surface area contributed by atoms with Gasteiger partial charge in [0.05, 0.1) is 13.2 Å². The molecule has 0 aliphatic carbocycles. The number of amides is 2. The van der Waals surface area contributed by atoms with Gasteiger partial charge < -0.3 is 19.5 Å². The molecular weight excluding hydrogens is 386 g/mol. The van der Waals surface area contributed by atoms with E-state index < -0.39 is 0 Å². The monoisotopic (exact) mass is 409 g/mol. The van der Waals surface area contributed by atoms with E-state index in [1.165, 1.54) is 5.56 Å². The molecule has 5 nitrogen and oxygen atoms in total. The third-order valence-corrected chi connectivity index (χ3v) is 6.38.